The second-order valence-electron chi connectivity index (χ2n) is 8.68. The Bertz CT molecular complexity index is 1270. The van der Waals surface area contributed by atoms with Crippen molar-refractivity contribution in [3.05, 3.63) is 69.0 Å². The van der Waals surface area contributed by atoms with Crippen molar-refractivity contribution >= 4 is 28.2 Å². The van der Waals surface area contributed by atoms with Crippen LogP contribution in [0.3, 0.4) is 0 Å². The first-order chi connectivity index (χ1) is 17.0. The van der Waals surface area contributed by atoms with E-state index in [1.54, 1.807) is 14.2 Å². The standard InChI is InChI=1S/C27H33N3O4S/c1-5-34-12-6-10-28-27(35)30-11-9-18-15-23(32-3)24(33-4)16-20(18)25(30)21-14-19-8-7-17(2)13-22(19)29-26(21)31/h7-8,13-16,25H,5-6,9-12H2,1-4H3,(H,28,35)(H,29,31)/t25-/m1/s1. The Kier molecular flexibility index (Phi) is 7.93. The van der Waals surface area contributed by atoms with Crippen molar-refractivity contribution in [1.29, 1.82) is 0 Å². The maximum Gasteiger partial charge on any atom is 0.254 e. The van der Waals surface area contributed by atoms with E-state index in [9.17, 15) is 4.79 Å². The van der Waals surface area contributed by atoms with Crippen molar-refractivity contribution in [1.82, 2.24) is 15.2 Å². The topological polar surface area (TPSA) is 75.8 Å². The van der Waals surface area contributed by atoms with Crippen molar-refractivity contribution in [3.8, 4) is 11.5 Å². The molecule has 0 aliphatic carbocycles. The number of pyridine rings is 1. The molecule has 1 aromatic heterocycles. The van der Waals surface area contributed by atoms with Gasteiger partial charge in [-0.15, -0.1) is 0 Å². The lowest BCUT2D eigenvalue weighted by molar-refractivity contribution is 0.145. The number of nitrogens with one attached hydrogen (secondary N) is 2. The molecule has 3 aromatic rings. The summed E-state index contributed by atoms with van der Waals surface area (Å²) < 4.78 is 16.6. The van der Waals surface area contributed by atoms with Crippen molar-refractivity contribution in [2.75, 3.05) is 40.5 Å². The van der Waals surface area contributed by atoms with E-state index in [0.717, 1.165) is 40.4 Å². The van der Waals surface area contributed by atoms with Crippen LogP contribution in [0.15, 0.2) is 41.2 Å². The van der Waals surface area contributed by atoms with Gasteiger partial charge in [-0.05, 0) is 85.2 Å². The third kappa shape index (κ3) is 5.28. The summed E-state index contributed by atoms with van der Waals surface area (Å²) in [7, 11) is 3.25. The van der Waals surface area contributed by atoms with Gasteiger partial charge in [-0.2, -0.15) is 0 Å². The molecule has 2 aromatic carbocycles. The summed E-state index contributed by atoms with van der Waals surface area (Å²) in [6.07, 6.45) is 1.63. The predicted octanol–water partition coefficient (Wildman–Crippen LogP) is 4.10. The van der Waals surface area contributed by atoms with Crippen LogP contribution < -0.4 is 20.3 Å². The van der Waals surface area contributed by atoms with Crippen LogP contribution in [0.4, 0.5) is 0 Å². The zero-order chi connectivity index (χ0) is 24.9. The molecule has 0 spiro atoms. The molecule has 1 aliphatic rings. The van der Waals surface area contributed by atoms with Gasteiger partial charge in [-0.25, -0.2) is 0 Å². The minimum atomic E-state index is -0.361. The van der Waals surface area contributed by atoms with Gasteiger partial charge in [0.05, 0.1) is 20.3 Å². The Morgan fingerprint density at radius 1 is 1.14 bits per heavy atom. The lowest BCUT2D eigenvalue weighted by atomic mass is 9.88. The minimum absolute atomic E-state index is 0.125. The zero-order valence-electron chi connectivity index (χ0n) is 20.8. The van der Waals surface area contributed by atoms with E-state index in [-0.39, 0.29) is 11.6 Å². The number of aromatic nitrogens is 1. The van der Waals surface area contributed by atoms with Crippen molar-refractivity contribution in [2.24, 2.45) is 0 Å². The van der Waals surface area contributed by atoms with E-state index in [1.807, 2.05) is 44.2 Å². The lowest BCUT2D eigenvalue weighted by Gasteiger charge is -2.39. The zero-order valence-corrected chi connectivity index (χ0v) is 21.6. The third-order valence-electron chi connectivity index (χ3n) is 6.41. The van der Waals surface area contributed by atoms with Crippen molar-refractivity contribution in [3.63, 3.8) is 0 Å². The number of hydrogen-bond donors (Lipinski definition) is 2. The summed E-state index contributed by atoms with van der Waals surface area (Å²) in [6.45, 7) is 6.76. The highest BCUT2D eigenvalue weighted by molar-refractivity contribution is 7.80. The summed E-state index contributed by atoms with van der Waals surface area (Å²) in [6, 6.07) is 11.7. The van der Waals surface area contributed by atoms with Crippen LogP contribution in [-0.4, -0.2) is 55.5 Å². The molecule has 0 saturated heterocycles. The molecule has 186 valence electrons. The van der Waals surface area contributed by atoms with Crippen LogP contribution in [0.2, 0.25) is 0 Å². The number of H-pyrrole nitrogens is 1. The number of benzene rings is 2. The van der Waals surface area contributed by atoms with Crippen LogP contribution in [0.1, 0.15) is 41.6 Å². The molecule has 0 unspecified atom stereocenters. The van der Waals surface area contributed by atoms with Crippen LogP contribution in [0, 0.1) is 6.92 Å². The number of methoxy groups -OCH3 is 2. The molecule has 0 amide bonds. The van der Waals surface area contributed by atoms with Crippen LogP contribution in [-0.2, 0) is 11.2 Å². The minimum Gasteiger partial charge on any atom is -0.493 e. The summed E-state index contributed by atoms with van der Waals surface area (Å²) in [5, 5.41) is 4.97. The number of nitrogens with zero attached hydrogens (tertiary/aromatic N) is 1. The highest BCUT2D eigenvalue weighted by atomic mass is 32.1. The number of thiocarbonyl (C=S) groups is 1. The van der Waals surface area contributed by atoms with E-state index >= 15 is 0 Å². The molecule has 1 aliphatic heterocycles. The number of aromatic amines is 1. The molecule has 0 fully saturated rings. The molecule has 35 heavy (non-hydrogen) atoms. The highest BCUT2D eigenvalue weighted by Crippen LogP contribution is 2.40. The van der Waals surface area contributed by atoms with Gasteiger partial charge in [0.1, 0.15) is 0 Å². The van der Waals surface area contributed by atoms with Gasteiger partial charge in [0, 0.05) is 37.4 Å². The first-order valence-electron chi connectivity index (χ1n) is 12.0. The van der Waals surface area contributed by atoms with Gasteiger partial charge in [-0.1, -0.05) is 12.1 Å². The third-order valence-corrected chi connectivity index (χ3v) is 6.78. The number of aryl methyl sites for hydroxylation is 1. The summed E-state index contributed by atoms with van der Waals surface area (Å²) in [5.41, 5.74) is 4.55. The molecule has 4 rings (SSSR count). The fraction of sp³-hybridized carbons (Fsp3) is 0.407. The maximum absolute atomic E-state index is 13.4. The normalized spacial score (nSPS) is 15.1. The lowest BCUT2D eigenvalue weighted by Crippen LogP contribution is -2.47. The molecule has 8 heteroatoms. The molecule has 0 bridgehead atoms. The molecular weight excluding hydrogens is 462 g/mol. The van der Waals surface area contributed by atoms with E-state index in [0.29, 0.717) is 48.5 Å². The van der Waals surface area contributed by atoms with Crippen LogP contribution in [0.25, 0.3) is 10.9 Å². The molecule has 7 nitrogen and oxygen atoms in total. The fourth-order valence-corrected chi connectivity index (χ4v) is 4.95. The molecule has 0 saturated carbocycles. The van der Waals surface area contributed by atoms with Gasteiger partial charge in [-0.3, -0.25) is 4.79 Å². The number of fused-ring (bicyclic) bond motifs is 2. The first-order valence-corrected chi connectivity index (χ1v) is 12.4. The van der Waals surface area contributed by atoms with E-state index < -0.39 is 0 Å². The summed E-state index contributed by atoms with van der Waals surface area (Å²) in [5.74, 6) is 1.31. The Balaban J connectivity index is 1.78. The first kappa shape index (κ1) is 25.0. The van der Waals surface area contributed by atoms with Gasteiger partial charge in [0.25, 0.3) is 5.56 Å². The highest BCUT2D eigenvalue weighted by Gasteiger charge is 2.33. The second-order valence-corrected chi connectivity index (χ2v) is 9.07. The molecule has 2 heterocycles. The van der Waals surface area contributed by atoms with Crippen LogP contribution >= 0.6 is 12.2 Å². The smallest absolute Gasteiger partial charge is 0.254 e. The largest absolute Gasteiger partial charge is 0.493 e. The fourth-order valence-electron chi connectivity index (χ4n) is 4.65. The van der Waals surface area contributed by atoms with E-state index in [2.05, 4.69) is 21.3 Å². The average Bonchev–Trinajstić information content (AvgIpc) is 2.86. The Morgan fingerprint density at radius 2 is 1.91 bits per heavy atom. The van der Waals surface area contributed by atoms with Crippen LogP contribution in [0.5, 0.6) is 11.5 Å². The van der Waals surface area contributed by atoms with Gasteiger partial charge in [0.2, 0.25) is 0 Å². The summed E-state index contributed by atoms with van der Waals surface area (Å²) >= 11 is 5.83. The average molecular weight is 496 g/mol. The predicted molar refractivity (Wildman–Crippen MR) is 143 cm³/mol. The maximum atomic E-state index is 13.4. The van der Waals surface area contributed by atoms with Gasteiger partial charge < -0.3 is 29.4 Å². The molecule has 2 N–H and O–H groups in total. The summed E-state index contributed by atoms with van der Waals surface area (Å²) in [4.78, 5) is 18.6. The molecule has 0 radical (unpaired) electrons. The Labute approximate surface area is 211 Å². The number of hydrogen-bond acceptors (Lipinski definition) is 5. The van der Waals surface area contributed by atoms with Crippen molar-refractivity contribution in [2.45, 2.75) is 32.7 Å². The number of ether oxygens (including phenoxy) is 3. The molecule has 1 atom stereocenters. The quantitative estimate of drug-likeness (QED) is 0.360. The Hall–Kier alpha value is -3.10. The van der Waals surface area contributed by atoms with Gasteiger partial charge in [0.15, 0.2) is 16.6 Å². The van der Waals surface area contributed by atoms with E-state index in [4.69, 9.17) is 26.4 Å². The monoisotopic (exact) mass is 495 g/mol. The van der Waals surface area contributed by atoms with E-state index in [1.165, 1.54) is 0 Å². The second kappa shape index (κ2) is 11.1. The Morgan fingerprint density at radius 3 is 2.66 bits per heavy atom. The van der Waals surface area contributed by atoms with Crippen molar-refractivity contribution < 1.29 is 14.2 Å². The van der Waals surface area contributed by atoms with Gasteiger partial charge >= 0.3 is 0 Å². The SMILES string of the molecule is CCOCCCNC(=S)N1CCc2cc(OC)c(OC)cc2[C@@H]1c1cc2ccc(C)cc2[nH]c1=O. The molecular formula is C27H33N3O4S. The number of rotatable bonds is 8.